The average molecular weight is 134 g/mol. The molecule has 1 aliphatic heterocycles. The quantitative estimate of drug-likeness (QED) is 0.478. The monoisotopic (exact) mass is 133 g/mol. The molecule has 0 aromatic rings. The lowest BCUT2D eigenvalue weighted by Gasteiger charge is -2.09. The predicted octanol–water partition coefficient (Wildman–Crippen LogP) is 0.140. The normalized spacial score (nSPS) is 15.9. The molecule has 0 bridgehead atoms. The summed E-state index contributed by atoms with van der Waals surface area (Å²) in [5.74, 6) is 5.27. The van der Waals surface area contributed by atoms with Crippen LogP contribution in [0.15, 0.2) is 17.3 Å². The molecule has 4 heteroatoms. The zero-order chi connectivity index (χ0) is 5.11. The van der Waals surface area contributed by atoms with Crippen molar-refractivity contribution in [1.82, 2.24) is 5.01 Å². The highest BCUT2D eigenvalue weighted by Crippen LogP contribution is 1.83. The Morgan fingerprint density at radius 1 is 1.62 bits per heavy atom. The van der Waals surface area contributed by atoms with E-state index in [9.17, 15) is 0 Å². The number of hydrogen-bond donors (Lipinski definition) is 1. The molecule has 0 unspecified atom stereocenters. The molecule has 0 amide bonds. The van der Waals surface area contributed by atoms with Crippen LogP contribution in [-0.2, 0) is 0 Å². The van der Waals surface area contributed by atoms with Crippen molar-refractivity contribution in [3.63, 3.8) is 0 Å². The van der Waals surface area contributed by atoms with Crippen molar-refractivity contribution in [3.05, 3.63) is 12.3 Å². The van der Waals surface area contributed by atoms with Gasteiger partial charge in [-0.25, -0.2) is 10.8 Å². The minimum atomic E-state index is 0. The van der Waals surface area contributed by atoms with Crippen LogP contribution in [0.3, 0.4) is 0 Å². The first-order valence-electron chi connectivity index (χ1n) is 2.09. The minimum absolute atomic E-state index is 0. The van der Waals surface area contributed by atoms with Crippen LogP contribution in [0.2, 0.25) is 0 Å². The van der Waals surface area contributed by atoms with Crippen molar-refractivity contribution >= 4 is 18.7 Å². The van der Waals surface area contributed by atoms with Gasteiger partial charge in [-0.2, -0.15) is 0 Å². The SMILES string of the molecule is Cl.NN1C=NC=CC1. The second-order valence-corrected chi connectivity index (χ2v) is 1.35. The van der Waals surface area contributed by atoms with Crippen LogP contribution in [0, 0.1) is 0 Å². The summed E-state index contributed by atoms with van der Waals surface area (Å²) in [6.07, 6.45) is 5.20. The maximum atomic E-state index is 5.27. The van der Waals surface area contributed by atoms with Crippen molar-refractivity contribution in [2.45, 2.75) is 0 Å². The van der Waals surface area contributed by atoms with Crippen molar-refractivity contribution in [3.8, 4) is 0 Å². The van der Waals surface area contributed by atoms with Crippen LogP contribution in [0.5, 0.6) is 0 Å². The molecule has 2 N–H and O–H groups in total. The fourth-order valence-corrected chi connectivity index (χ4v) is 0.401. The Morgan fingerprint density at radius 3 is 2.62 bits per heavy atom. The van der Waals surface area contributed by atoms with E-state index in [1.54, 1.807) is 12.5 Å². The lowest BCUT2D eigenvalue weighted by atomic mass is 10.5. The molecule has 0 aliphatic carbocycles. The van der Waals surface area contributed by atoms with Gasteiger partial charge in [-0.1, -0.05) is 0 Å². The Labute approximate surface area is 54.3 Å². The maximum Gasteiger partial charge on any atom is 0.105 e. The topological polar surface area (TPSA) is 41.6 Å². The predicted molar refractivity (Wildman–Crippen MR) is 35.8 cm³/mol. The summed E-state index contributed by atoms with van der Waals surface area (Å²) in [5, 5.41) is 1.51. The molecule has 0 aromatic carbocycles. The number of hydrazine groups is 1. The van der Waals surface area contributed by atoms with E-state index in [4.69, 9.17) is 5.84 Å². The van der Waals surface area contributed by atoms with Gasteiger partial charge in [0.25, 0.3) is 0 Å². The van der Waals surface area contributed by atoms with E-state index in [-0.39, 0.29) is 12.4 Å². The Balaban J connectivity index is 0.000000490. The van der Waals surface area contributed by atoms with Crippen LogP contribution < -0.4 is 5.84 Å². The van der Waals surface area contributed by atoms with Gasteiger partial charge in [0.1, 0.15) is 6.34 Å². The molecule has 1 aliphatic rings. The number of rotatable bonds is 0. The average Bonchev–Trinajstić information content (AvgIpc) is 1.69. The molecule has 1 rings (SSSR count). The molecule has 1 heterocycles. The molecule has 0 fully saturated rings. The van der Waals surface area contributed by atoms with Crippen molar-refractivity contribution in [2.75, 3.05) is 6.54 Å². The molecule has 0 saturated heterocycles. The van der Waals surface area contributed by atoms with Gasteiger partial charge in [-0.05, 0) is 6.08 Å². The summed E-state index contributed by atoms with van der Waals surface area (Å²) in [6, 6.07) is 0. The minimum Gasteiger partial charge on any atom is -0.297 e. The highest BCUT2D eigenvalue weighted by molar-refractivity contribution is 5.85. The molecule has 0 atom stereocenters. The van der Waals surface area contributed by atoms with Gasteiger partial charge in [0.15, 0.2) is 0 Å². The largest absolute Gasteiger partial charge is 0.297 e. The summed E-state index contributed by atoms with van der Waals surface area (Å²) in [5.41, 5.74) is 0. The van der Waals surface area contributed by atoms with Crippen LogP contribution in [0.4, 0.5) is 0 Å². The van der Waals surface area contributed by atoms with Gasteiger partial charge < -0.3 is 0 Å². The van der Waals surface area contributed by atoms with Gasteiger partial charge >= 0.3 is 0 Å². The van der Waals surface area contributed by atoms with E-state index in [1.807, 2.05) is 6.08 Å². The first-order valence-corrected chi connectivity index (χ1v) is 2.09. The third kappa shape index (κ3) is 1.95. The summed E-state index contributed by atoms with van der Waals surface area (Å²) in [6.45, 7) is 0.767. The first kappa shape index (κ1) is 7.46. The van der Waals surface area contributed by atoms with E-state index in [1.165, 1.54) is 5.01 Å². The number of nitrogens with two attached hydrogens (primary N) is 1. The highest BCUT2D eigenvalue weighted by Gasteiger charge is 1.87. The Morgan fingerprint density at radius 2 is 2.38 bits per heavy atom. The van der Waals surface area contributed by atoms with Gasteiger partial charge in [0.05, 0.1) is 6.54 Å². The second kappa shape index (κ2) is 3.46. The molecular formula is C4H8ClN3. The molecule has 46 valence electrons. The van der Waals surface area contributed by atoms with Gasteiger partial charge in [-0.3, -0.25) is 5.01 Å². The fraction of sp³-hybridized carbons (Fsp3) is 0.250. The number of nitrogens with zero attached hydrogens (tertiary/aromatic N) is 2. The van der Waals surface area contributed by atoms with E-state index in [2.05, 4.69) is 4.99 Å². The second-order valence-electron chi connectivity index (χ2n) is 1.35. The molecule has 0 radical (unpaired) electrons. The van der Waals surface area contributed by atoms with Crippen LogP contribution in [0.25, 0.3) is 0 Å². The van der Waals surface area contributed by atoms with Gasteiger partial charge in [0.2, 0.25) is 0 Å². The lowest BCUT2D eigenvalue weighted by Crippen LogP contribution is -2.30. The maximum absolute atomic E-state index is 5.27. The smallest absolute Gasteiger partial charge is 0.105 e. The van der Waals surface area contributed by atoms with E-state index < -0.39 is 0 Å². The third-order valence-electron chi connectivity index (χ3n) is 0.723. The Bertz CT molecular complexity index is 110. The van der Waals surface area contributed by atoms with E-state index in [0.29, 0.717) is 0 Å². The molecule has 0 aromatic heterocycles. The summed E-state index contributed by atoms with van der Waals surface area (Å²) in [4.78, 5) is 3.75. The summed E-state index contributed by atoms with van der Waals surface area (Å²) >= 11 is 0. The van der Waals surface area contributed by atoms with Crippen molar-refractivity contribution in [2.24, 2.45) is 10.8 Å². The third-order valence-corrected chi connectivity index (χ3v) is 0.723. The van der Waals surface area contributed by atoms with Crippen molar-refractivity contribution < 1.29 is 0 Å². The summed E-state index contributed by atoms with van der Waals surface area (Å²) in [7, 11) is 0. The summed E-state index contributed by atoms with van der Waals surface area (Å²) < 4.78 is 0. The first-order chi connectivity index (χ1) is 3.39. The molecule has 3 nitrogen and oxygen atoms in total. The van der Waals surface area contributed by atoms with Crippen LogP contribution >= 0.6 is 12.4 Å². The molecule has 8 heavy (non-hydrogen) atoms. The number of aliphatic imine (C=N–C) groups is 1. The number of hydrogen-bond acceptors (Lipinski definition) is 3. The van der Waals surface area contributed by atoms with E-state index in [0.717, 1.165) is 6.54 Å². The fourth-order valence-electron chi connectivity index (χ4n) is 0.401. The van der Waals surface area contributed by atoms with Gasteiger partial charge in [-0.15, -0.1) is 12.4 Å². The Hall–Kier alpha value is -0.540. The molecular weight excluding hydrogens is 126 g/mol. The van der Waals surface area contributed by atoms with Crippen LogP contribution in [-0.4, -0.2) is 17.9 Å². The van der Waals surface area contributed by atoms with E-state index >= 15 is 0 Å². The lowest BCUT2D eigenvalue weighted by molar-refractivity contribution is 0.499. The standard InChI is InChI=1S/C4H7N3.ClH/c5-7-3-1-2-6-4-7;/h1-2,4H,3,5H2;1H. The highest BCUT2D eigenvalue weighted by atomic mass is 35.5. The van der Waals surface area contributed by atoms with Gasteiger partial charge in [0, 0.05) is 6.20 Å². The number of halogens is 1. The van der Waals surface area contributed by atoms with Crippen LogP contribution in [0.1, 0.15) is 0 Å². The zero-order valence-corrected chi connectivity index (χ0v) is 5.14. The molecule has 0 saturated carbocycles. The Kier molecular flexibility index (Phi) is 3.23. The van der Waals surface area contributed by atoms with Crippen molar-refractivity contribution in [1.29, 1.82) is 0 Å². The zero-order valence-electron chi connectivity index (χ0n) is 4.32. The molecule has 0 spiro atoms.